The average molecular weight is 370 g/mol. The molecule has 4 aliphatic rings. The summed E-state index contributed by atoms with van der Waals surface area (Å²) >= 11 is 0. The number of anilines is 1. The van der Waals surface area contributed by atoms with Gasteiger partial charge in [-0.2, -0.15) is 5.01 Å². The van der Waals surface area contributed by atoms with Crippen molar-refractivity contribution in [1.82, 2.24) is 15.4 Å². The van der Waals surface area contributed by atoms with Crippen LogP contribution in [0.1, 0.15) is 26.3 Å². The molecular formula is C21H14N4O3. The Hall–Kier alpha value is -3.87. The number of hydrazine groups is 1. The molecule has 0 bridgehead atoms. The molecule has 7 heteroatoms. The van der Waals surface area contributed by atoms with Crippen LogP contribution in [-0.4, -0.2) is 34.3 Å². The van der Waals surface area contributed by atoms with Crippen LogP contribution in [0.25, 0.3) is 22.6 Å². The van der Waals surface area contributed by atoms with Crippen molar-refractivity contribution in [3.8, 4) is 0 Å². The maximum absolute atomic E-state index is 13.1. The number of hydrogen-bond acceptors (Lipinski definition) is 4. The molecule has 0 radical (unpaired) electrons. The molecule has 2 aliphatic heterocycles. The van der Waals surface area contributed by atoms with Gasteiger partial charge < -0.3 is 10.3 Å². The number of nitrogens with zero attached hydrogens (tertiary/aromatic N) is 1. The fourth-order valence-corrected chi connectivity index (χ4v) is 4.63. The van der Waals surface area contributed by atoms with Gasteiger partial charge in [0.15, 0.2) is 0 Å². The fraction of sp³-hybridized carbons (Fsp3) is 0.0952. The van der Waals surface area contributed by atoms with Gasteiger partial charge in [-0.05, 0) is 23.6 Å². The number of aromatic nitrogens is 1. The minimum absolute atomic E-state index is 0.0619. The van der Waals surface area contributed by atoms with Gasteiger partial charge in [0.25, 0.3) is 11.8 Å². The van der Waals surface area contributed by atoms with Crippen molar-refractivity contribution in [2.45, 2.75) is 12.5 Å². The largest absolute Gasteiger partial charge is 0.372 e. The van der Waals surface area contributed by atoms with E-state index in [9.17, 15) is 14.4 Å². The maximum Gasteiger partial charge on any atom is 0.281 e. The number of nitrogens with one attached hydrogen (secondary N) is 3. The van der Waals surface area contributed by atoms with E-state index in [1.807, 2.05) is 42.5 Å². The highest BCUT2D eigenvalue weighted by molar-refractivity contribution is 6.29. The van der Waals surface area contributed by atoms with Gasteiger partial charge >= 0.3 is 0 Å². The summed E-state index contributed by atoms with van der Waals surface area (Å²) in [6, 6.07) is -0.0619. The van der Waals surface area contributed by atoms with Crippen LogP contribution in [0.5, 0.6) is 0 Å². The second-order valence-corrected chi connectivity index (χ2v) is 7.08. The summed E-state index contributed by atoms with van der Waals surface area (Å²) in [4.78, 5) is 40.7. The zero-order chi connectivity index (χ0) is 19.0. The Morgan fingerprint density at radius 1 is 1.14 bits per heavy atom. The number of aromatic amines is 1. The van der Waals surface area contributed by atoms with Crippen LogP contribution in [-0.2, 0) is 11.2 Å². The first kappa shape index (κ1) is 15.2. The molecule has 0 saturated heterocycles. The number of hydrogen-bond donors (Lipinski definition) is 3. The third-order valence-electron chi connectivity index (χ3n) is 5.74. The SMILES string of the molecule is O=CNN1C(=O)c2c(c3c4c([nH]c3c3c2=C2C=CC=CC2N3)=CC=CC4)C1=O. The number of H-pyrrole nitrogens is 1. The Balaban J connectivity index is 1.83. The molecule has 3 N–H and O–H groups in total. The molecular weight excluding hydrogens is 356 g/mol. The van der Waals surface area contributed by atoms with E-state index in [1.165, 1.54) is 0 Å². The van der Waals surface area contributed by atoms with E-state index in [0.29, 0.717) is 24.0 Å². The van der Waals surface area contributed by atoms with Gasteiger partial charge in [0, 0.05) is 16.0 Å². The molecule has 7 nitrogen and oxygen atoms in total. The molecule has 3 heterocycles. The molecule has 0 fully saturated rings. The molecule has 6 rings (SSSR count). The predicted molar refractivity (Wildman–Crippen MR) is 104 cm³/mol. The monoisotopic (exact) mass is 370 g/mol. The van der Waals surface area contributed by atoms with Crippen molar-refractivity contribution in [1.29, 1.82) is 0 Å². The number of imide groups is 1. The summed E-state index contributed by atoms with van der Waals surface area (Å²) in [6.07, 6.45) is 14.8. The van der Waals surface area contributed by atoms with E-state index < -0.39 is 11.8 Å². The highest BCUT2D eigenvalue weighted by atomic mass is 16.2. The highest BCUT2D eigenvalue weighted by Crippen LogP contribution is 2.37. The molecule has 0 spiro atoms. The molecule has 0 saturated carbocycles. The van der Waals surface area contributed by atoms with E-state index in [2.05, 4.69) is 15.7 Å². The van der Waals surface area contributed by atoms with Gasteiger partial charge in [-0.25, -0.2) is 0 Å². The van der Waals surface area contributed by atoms with Gasteiger partial charge in [0.1, 0.15) is 0 Å². The van der Waals surface area contributed by atoms with Crippen molar-refractivity contribution < 1.29 is 14.4 Å². The van der Waals surface area contributed by atoms with E-state index in [4.69, 9.17) is 0 Å². The minimum Gasteiger partial charge on any atom is -0.372 e. The van der Waals surface area contributed by atoms with Crippen molar-refractivity contribution in [2.75, 3.05) is 5.32 Å². The summed E-state index contributed by atoms with van der Waals surface area (Å²) in [7, 11) is 0. The normalized spacial score (nSPS) is 20.6. The van der Waals surface area contributed by atoms with Crippen LogP contribution < -0.4 is 21.3 Å². The Morgan fingerprint density at radius 3 is 2.86 bits per heavy atom. The molecule has 1 aromatic heterocycles. The first-order valence-corrected chi connectivity index (χ1v) is 9.02. The molecule has 136 valence electrons. The Labute approximate surface area is 158 Å². The number of carbonyl (C=O) groups excluding carboxylic acids is 3. The lowest BCUT2D eigenvalue weighted by atomic mass is 9.94. The summed E-state index contributed by atoms with van der Waals surface area (Å²) in [5, 5.41) is 6.70. The topological polar surface area (TPSA) is 94.3 Å². The van der Waals surface area contributed by atoms with Crippen molar-refractivity contribution in [3.63, 3.8) is 0 Å². The second-order valence-electron chi connectivity index (χ2n) is 7.08. The molecule has 28 heavy (non-hydrogen) atoms. The van der Waals surface area contributed by atoms with Crippen LogP contribution in [0.2, 0.25) is 0 Å². The highest BCUT2D eigenvalue weighted by Gasteiger charge is 2.43. The van der Waals surface area contributed by atoms with E-state index in [-0.39, 0.29) is 6.04 Å². The number of rotatable bonds is 2. The molecule has 1 aromatic carbocycles. The van der Waals surface area contributed by atoms with Gasteiger partial charge in [-0.15, -0.1) is 0 Å². The van der Waals surface area contributed by atoms with Crippen LogP contribution in [0, 0.1) is 0 Å². The van der Waals surface area contributed by atoms with Crippen molar-refractivity contribution in [2.24, 2.45) is 0 Å². The average Bonchev–Trinajstić information content (AvgIpc) is 3.35. The summed E-state index contributed by atoms with van der Waals surface area (Å²) in [6.45, 7) is 0. The number of benzene rings is 1. The first-order chi connectivity index (χ1) is 13.7. The van der Waals surface area contributed by atoms with E-state index in [0.717, 1.165) is 43.3 Å². The fourth-order valence-electron chi connectivity index (χ4n) is 4.63. The Morgan fingerprint density at radius 2 is 2.00 bits per heavy atom. The lowest BCUT2D eigenvalue weighted by Gasteiger charge is -2.12. The lowest BCUT2D eigenvalue weighted by Crippen LogP contribution is -2.42. The van der Waals surface area contributed by atoms with Gasteiger partial charge in [0.2, 0.25) is 6.41 Å². The molecule has 2 aliphatic carbocycles. The van der Waals surface area contributed by atoms with Crippen LogP contribution >= 0.6 is 0 Å². The predicted octanol–water partition coefficient (Wildman–Crippen LogP) is 0.389. The smallest absolute Gasteiger partial charge is 0.281 e. The number of allylic oxidation sites excluding steroid dienone is 4. The van der Waals surface area contributed by atoms with E-state index in [1.54, 1.807) is 0 Å². The number of carbonyl (C=O) groups is 3. The van der Waals surface area contributed by atoms with Gasteiger partial charge in [-0.1, -0.05) is 36.5 Å². The summed E-state index contributed by atoms with van der Waals surface area (Å²) in [5.41, 5.74) is 6.52. The third kappa shape index (κ3) is 1.66. The zero-order valence-corrected chi connectivity index (χ0v) is 14.6. The molecule has 2 aromatic rings. The zero-order valence-electron chi connectivity index (χ0n) is 14.6. The van der Waals surface area contributed by atoms with Crippen LogP contribution in [0.4, 0.5) is 5.69 Å². The third-order valence-corrected chi connectivity index (χ3v) is 5.74. The Kier molecular flexibility index (Phi) is 2.77. The quantitative estimate of drug-likeness (QED) is 0.527. The lowest BCUT2D eigenvalue weighted by molar-refractivity contribution is -0.112. The minimum atomic E-state index is -0.506. The summed E-state index contributed by atoms with van der Waals surface area (Å²) < 4.78 is 0. The first-order valence-electron chi connectivity index (χ1n) is 9.02. The van der Waals surface area contributed by atoms with Gasteiger partial charge in [0.05, 0.1) is 28.4 Å². The van der Waals surface area contributed by atoms with Crippen LogP contribution in [0.3, 0.4) is 0 Å². The molecule has 1 unspecified atom stereocenters. The number of fused-ring (bicyclic) bond motifs is 9. The maximum atomic E-state index is 13.1. The summed E-state index contributed by atoms with van der Waals surface area (Å²) in [5.74, 6) is -1.01. The Bertz CT molecular complexity index is 1360. The van der Waals surface area contributed by atoms with Crippen molar-refractivity contribution in [3.05, 3.63) is 63.7 Å². The second kappa shape index (κ2) is 5.10. The van der Waals surface area contributed by atoms with E-state index >= 15 is 0 Å². The van der Waals surface area contributed by atoms with Gasteiger partial charge in [-0.3, -0.25) is 19.8 Å². The number of amides is 3. The standard InChI is InChI=1S/C21H14N4O3/c26-9-22-25-20(27)16-14-10-5-1-3-7-12(10)23-18(14)19-15(17(16)21(25)28)11-6-2-4-8-13(11)24-19/h1-5,7-9,12,23-24H,6H2,(H,22,26). The molecule has 1 atom stereocenters. The molecule has 3 amide bonds. The van der Waals surface area contributed by atoms with Crippen LogP contribution in [0.15, 0.2) is 36.5 Å². The van der Waals surface area contributed by atoms with Crippen molar-refractivity contribution >= 4 is 46.5 Å².